The molecule has 2 aromatic rings. The Morgan fingerprint density at radius 3 is 2.61 bits per heavy atom. The molecule has 1 saturated carbocycles. The molecular formula is C27H36ClF2N3O3. The van der Waals surface area contributed by atoms with Crippen LogP contribution < -0.4 is 5.32 Å². The number of carboxylic acid groups (broad SMARTS) is 1. The van der Waals surface area contributed by atoms with E-state index in [0.29, 0.717) is 41.9 Å². The Balaban J connectivity index is 1.66. The Hall–Kier alpha value is -2.35. The van der Waals surface area contributed by atoms with E-state index >= 15 is 0 Å². The van der Waals surface area contributed by atoms with Gasteiger partial charge >= 0.3 is 6.09 Å². The lowest BCUT2D eigenvalue weighted by Crippen LogP contribution is -2.57. The third-order valence-electron chi connectivity index (χ3n) is 8.17. The topological polar surface area (TPSA) is 74.6 Å². The van der Waals surface area contributed by atoms with Gasteiger partial charge in [0.2, 0.25) is 5.92 Å². The van der Waals surface area contributed by atoms with Crippen molar-refractivity contribution in [2.45, 2.75) is 77.8 Å². The van der Waals surface area contributed by atoms with E-state index in [2.05, 4.69) is 5.32 Å². The zero-order chi connectivity index (χ0) is 26.5. The van der Waals surface area contributed by atoms with Crippen LogP contribution >= 0.6 is 11.6 Å². The lowest BCUT2D eigenvalue weighted by molar-refractivity contribution is -0.0685. The smallest absolute Gasteiger partial charge is 0.407 e. The van der Waals surface area contributed by atoms with Gasteiger partial charge in [-0.1, -0.05) is 45.4 Å². The summed E-state index contributed by atoms with van der Waals surface area (Å²) < 4.78 is 30.0. The number of fused-ring (bicyclic) bond motifs is 1. The van der Waals surface area contributed by atoms with Crippen molar-refractivity contribution < 1.29 is 23.5 Å². The van der Waals surface area contributed by atoms with Gasteiger partial charge in [0.05, 0.1) is 21.6 Å². The number of rotatable bonds is 5. The van der Waals surface area contributed by atoms with E-state index in [9.17, 15) is 23.5 Å². The van der Waals surface area contributed by atoms with Gasteiger partial charge in [-0.05, 0) is 48.6 Å². The van der Waals surface area contributed by atoms with Crippen LogP contribution in [0.5, 0.6) is 0 Å². The van der Waals surface area contributed by atoms with Gasteiger partial charge in [-0.3, -0.25) is 4.79 Å². The second-order valence-electron chi connectivity index (χ2n) is 11.8. The summed E-state index contributed by atoms with van der Waals surface area (Å²) in [5.74, 6) is -3.45. The third-order valence-corrected chi connectivity index (χ3v) is 8.48. The van der Waals surface area contributed by atoms with Crippen LogP contribution in [-0.4, -0.2) is 51.1 Å². The number of amides is 2. The lowest BCUT2D eigenvalue weighted by Gasteiger charge is -2.47. The number of nitrogens with zero attached hydrogens (tertiary/aromatic N) is 2. The number of carbonyl (C=O) groups excluding carboxylic acids is 1. The first-order chi connectivity index (χ1) is 16.7. The van der Waals surface area contributed by atoms with Crippen molar-refractivity contribution in [3.63, 3.8) is 0 Å². The van der Waals surface area contributed by atoms with Gasteiger partial charge in [0, 0.05) is 44.1 Å². The quantitative estimate of drug-likeness (QED) is 0.460. The largest absolute Gasteiger partial charge is 0.465 e. The van der Waals surface area contributed by atoms with Crippen molar-refractivity contribution in [3.8, 4) is 0 Å². The molecule has 9 heteroatoms. The van der Waals surface area contributed by atoms with Crippen LogP contribution in [0.1, 0.15) is 70.2 Å². The maximum atomic E-state index is 14.1. The summed E-state index contributed by atoms with van der Waals surface area (Å²) in [5.41, 5.74) is 0.0917. The summed E-state index contributed by atoms with van der Waals surface area (Å²) in [6, 6.07) is 5.40. The van der Waals surface area contributed by atoms with Crippen molar-refractivity contribution in [1.82, 2.24) is 14.8 Å². The third kappa shape index (κ3) is 4.93. The van der Waals surface area contributed by atoms with Crippen molar-refractivity contribution in [2.24, 2.45) is 17.3 Å². The molecule has 0 spiro atoms. The first kappa shape index (κ1) is 26.7. The fraction of sp³-hybridized carbons (Fsp3) is 0.630. The minimum Gasteiger partial charge on any atom is -0.465 e. The van der Waals surface area contributed by atoms with Gasteiger partial charge in [-0.2, -0.15) is 0 Å². The Labute approximate surface area is 216 Å². The number of alkyl halides is 2. The standard InChI is InChI=1S/C27H36ClF2N3O3/c1-17-11-18(13-27(29,30)12-17)14-31-23(34)19-15-32(21-8-5-7-20(28)22(19)21)16-26(25(2,3)4)9-6-10-33(26)24(35)36/h5,7-8,15,17-18H,6,9-14,16H2,1-4H3,(H,31,34)(H,35,36). The van der Waals surface area contributed by atoms with E-state index in [1.165, 1.54) is 4.90 Å². The number of benzene rings is 1. The van der Waals surface area contributed by atoms with E-state index in [-0.39, 0.29) is 42.5 Å². The SMILES string of the molecule is CC1CC(CNC(=O)c2cn(CC3(C(C)(C)C)CCCN3C(=O)O)c3cccc(Cl)c23)CC(F)(F)C1. The Bertz CT molecular complexity index is 1160. The van der Waals surface area contributed by atoms with Gasteiger partial charge in [0.1, 0.15) is 0 Å². The maximum absolute atomic E-state index is 14.1. The Kier molecular flexibility index (Phi) is 7.05. The predicted molar refractivity (Wildman–Crippen MR) is 137 cm³/mol. The summed E-state index contributed by atoms with van der Waals surface area (Å²) in [4.78, 5) is 27.0. The molecule has 3 unspecified atom stereocenters. The highest BCUT2D eigenvalue weighted by Crippen LogP contribution is 2.46. The lowest BCUT2D eigenvalue weighted by atomic mass is 9.71. The zero-order valence-corrected chi connectivity index (χ0v) is 22.2. The minimum atomic E-state index is -2.70. The molecule has 36 heavy (non-hydrogen) atoms. The van der Waals surface area contributed by atoms with Crippen molar-refractivity contribution >= 4 is 34.5 Å². The van der Waals surface area contributed by atoms with Gasteiger partial charge in [0.25, 0.3) is 5.91 Å². The molecule has 2 heterocycles. The minimum absolute atomic E-state index is 0.0933. The molecule has 1 aromatic heterocycles. The average molecular weight is 524 g/mol. The highest BCUT2D eigenvalue weighted by atomic mass is 35.5. The summed E-state index contributed by atoms with van der Waals surface area (Å²) in [7, 11) is 0. The molecule has 3 atom stereocenters. The maximum Gasteiger partial charge on any atom is 0.407 e. The van der Waals surface area contributed by atoms with Crippen LogP contribution in [0.4, 0.5) is 13.6 Å². The molecule has 198 valence electrons. The molecular weight excluding hydrogens is 488 g/mol. The zero-order valence-electron chi connectivity index (χ0n) is 21.4. The van der Waals surface area contributed by atoms with Gasteiger partial charge in [-0.15, -0.1) is 0 Å². The fourth-order valence-corrected chi connectivity index (χ4v) is 6.74. The van der Waals surface area contributed by atoms with Gasteiger partial charge in [-0.25, -0.2) is 13.6 Å². The van der Waals surface area contributed by atoms with Crippen LogP contribution in [0.3, 0.4) is 0 Å². The normalized spacial score (nSPS) is 26.4. The number of hydrogen-bond donors (Lipinski definition) is 2. The Morgan fingerprint density at radius 2 is 1.97 bits per heavy atom. The Morgan fingerprint density at radius 1 is 1.25 bits per heavy atom. The van der Waals surface area contributed by atoms with Crippen LogP contribution in [-0.2, 0) is 6.54 Å². The molecule has 4 rings (SSSR count). The molecule has 1 aliphatic heterocycles. The number of hydrogen-bond acceptors (Lipinski definition) is 2. The molecule has 2 N–H and O–H groups in total. The number of carbonyl (C=O) groups is 2. The van der Waals surface area contributed by atoms with Gasteiger partial charge in [0.15, 0.2) is 0 Å². The number of nitrogens with one attached hydrogen (secondary N) is 1. The molecule has 1 aliphatic carbocycles. The number of halogens is 3. The molecule has 0 radical (unpaired) electrons. The summed E-state index contributed by atoms with van der Waals surface area (Å²) in [6.07, 6.45) is 2.57. The summed E-state index contributed by atoms with van der Waals surface area (Å²) in [5, 5.41) is 13.8. The van der Waals surface area contributed by atoms with Crippen molar-refractivity contribution in [1.29, 1.82) is 0 Å². The number of aromatic nitrogens is 1. The average Bonchev–Trinajstić information content (AvgIpc) is 3.34. The molecule has 1 saturated heterocycles. The second kappa shape index (κ2) is 9.51. The molecule has 2 fully saturated rings. The molecule has 0 bridgehead atoms. The van der Waals surface area contributed by atoms with E-state index in [1.807, 2.05) is 44.4 Å². The fourth-order valence-electron chi connectivity index (χ4n) is 6.47. The van der Waals surface area contributed by atoms with Crippen LogP contribution in [0.25, 0.3) is 10.9 Å². The van der Waals surface area contributed by atoms with E-state index < -0.39 is 17.6 Å². The second-order valence-corrected chi connectivity index (χ2v) is 12.2. The highest BCUT2D eigenvalue weighted by Gasteiger charge is 2.52. The highest BCUT2D eigenvalue weighted by molar-refractivity contribution is 6.36. The van der Waals surface area contributed by atoms with Crippen molar-refractivity contribution in [3.05, 3.63) is 35.0 Å². The molecule has 1 aromatic carbocycles. The van der Waals surface area contributed by atoms with Crippen LogP contribution in [0.15, 0.2) is 24.4 Å². The first-order valence-electron chi connectivity index (χ1n) is 12.7. The van der Waals surface area contributed by atoms with E-state index in [1.54, 1.807) is 12.3 Å². The predicted octanol–water partition coefficient (Wildman–Crippen LogP) is 6.65. The molecule has 2 amide bonds. The molecule has 2 aliphatic rings. The monoisotopic (exact) mass is 523 g/mol. The summed E-state index contributed by atoms with van der Waals surface area (Å²) in [6.45, 7) is 8.96. The number of likely N-dealkylation sites (tertiary alicyclic amines) is 1. The summed E-state index contributed by atoms with van der Waals surface area (Å²) >= 11 is 6.55. The van der Waals surface area contributed by atoms with Crippen molar-refractivity contribution in [2.75, 3.05) is 13.1 Å². The van der Waals surface area contributed by atoms with Crippen LogP contribution in [0, 0.1) is 17.3 Å². The first-order valence-corrected chi connectivity index (χ1v) is 13.1. The van der Waals surface area contributed by atoms with E-state index in [4.69, 9.17) is 11.6 Å². The van der Waals surface area contributed by atoms with Gasteiger partial charge < -0.3 is 19.9 Å². The molecule has 6 nitrogen and oxygen atoms in total. The van der Waals surface area contributed by atoms with E-state index in [0.717, 1.165) is 11.9 Å². The van der Waals surface area contributed by atoms with Crippen LogP contribution in [0.2, 0.25) is 5.02 Å².